The number of ketones is 2. The third kappa shape index (κ3) is 2.14. The summed E-state index contributed by atoms with van der Waals surface area (Å²) in [6.45, 7) is 5.59. The van der Waals surface area contributed by atoms with Crippen LogP contribution in [0.1, 0.15) is 59.3 Å². The Morgan fingerprint density at radius 3 is 2.50 bits per heavy atom. The van der Waals surface area contributed by atoms with Gasteiger partial charge in [0.2, 0.25) is 0 Å². The molecule has 0 spiro atoms. The van der Waals surface area contributed by atoms with Crippen LogP contribution in [0, 0.1) is 34.5 Å². The average molecular weight is 362 g/mol. The van der Waals surface area contributed by atoms with Gasteiger partial charge in [0, 0.05) is 6.42 Å². The minimum Gasteiger partial charge on any atom is -0.387 e. The Morgan fingerprint density at radius 1 is 1.15 bits per heavy atom. The SMILES string of the molecule is CC(=O)[C@H]1C(O)(O)C(O)[C@H]2[C@@H]3CCC4=CC(=O)CC[C@]4(C)[C@H]3CC[C@@]21C. The number of hydrogen-bond acceptors (Lipinski definition) is 5. The van der Waals surface area contributed by atoms with Crippen molar-refractivity contribution in [2.75, 3.05) is 0 Å². The van der Waals surface area contributed by atoms with Gasteiger partial charge in [-0.25, -0.2) is 0 Å². The molecule has 0 saturated heterocycles. The highest BCUT2D eigenvalue weighted by molar-refractivity contribution is 5.91. The summed E-state index contributed by atoms with van der Waals surface area (Å²) in [5, 5.41) is 32.2. The fourth-order valence-electron chi connectivity index (χ4n) is 7.45. The first-order valence-corrected chi connectivity index (χ1v) is 9.90. The topological polar surface area (TPSA) is 94.8 Å². The number of carbonyl (C=O) groups is 2. The molecule has 0 heterocycles. The molecule has 3 N–H and O–H groups in total. The molecule has 0 aliphatic heterocycles. The van der Waals surface area contributed by atoms with Crippen molar-refractivity contribution in [1.29, 1.82) is 0 Å². The monoisotopic (exact) mass is 362 g/mol. The Bertz CT molecular complexity index is 695. The molecule has 4 aliphatic rings. The van der Waals surface area contributed by atoms with E-state index in [9.17, 15) is 24.9 Å². The van der Waals surface area contributed by atoms with Gasteiger partial charge in [-0.05, 0) is 73.7 Å². The molecular formula is C21H30O5. The maximum absolute atomic E-state index is 12.3. The second-order valence-electron chi connectivity index (χ2n) is 9.70. The van der Waals surface area contributed by atoms with Gasteiger partial charge in [-0.2, -0.15) is 0 Å². The number of carbonyl (C=O) groups excluding carboxylic acids is 2. The molecule has 1 unspecified atom stereocenters. The summed E-state index contributed by atoms with van der Waals surface area (Å²) in [5.74, 6) is -3.22. The molecule has 4 aliphatic carbocycles. The van der Waals surface area contributed by atoms with E-state index in [2.05, 4.69) is 6.92 Å². The van der Waals surface area contributed by atoms with E-state index in [-0.39, 0.29) is 28.8 Å². The van der Waals surface area contributed by atoms with Crippen molar-refractivity contribution in [3.8, 4) is 0 Å². The van der Waals surface area contributed by atoms with Crippen molar-refractivity contribution in [3.63, 3.8) is 0 Å². The summed E-state index contributed by atoms with van der Waals surface area (Å²) in [5.41, 5.74) is 0.575. The zero-order chi connectivity index (χ0) is 19.1. The number of allylic oxidation sites excluding steroid dienone is 1. The molecule has 5 nitrogen and oxygen atoms in total. The van der Waals surface area contributed by atoms with Gasteiger partial charge in [-0.3, -0.25) is 9.59 Å². The second kappa shape index (κ2) is 5.49. The number of fused-ring (bicyclic) bond motifs is 5. The first kappa shape index (κ1) is 18.3. The number of aliphatic hydroxyl groups is 3. The molecule has 144 valence electrons. The highest BCUT2D eigenvalue weighted by atomic mass is 16.5. The number of rotatable bonds is 1. The summed E-state index contributed by atoms with van der Waals surface area (Å²) >= 11 is 0. The Morgan fingerprint density at radius 2 is 1.85 bits per heavy atom. The van der Waals surface area contributed by atoms with Crippen molar-refractivity contribution in [2.24, 2.45) is 34.5 Å². The molecule has 3 fully saturated rings. The first-order valence-electron chi connectivity index (χ1n) is 9.90. The van der Waals surface area contributed by atoms with Crippen LogP contribution in [0.15, 0.2) is 11.6 Å². The van der Waals surface area contributed by atoms with E-state index in [0.717, 1.165) is 25.7 Å². The van der Waals surface area contributed by atoms with Crippen molar-refractivity contribution < 1.29 is 24.9 Å². The maximum Gasteiger partial charge on any atom is 0.200 e. The standard InChI is InChI=1S/C21H30O5/c1-11(22)17-20(3)9-7-15-14(16(20)18(24)21(17,25)26)5-4-12-10-13(23)6-8-19(12,15)2/h10,14-18,24-26H,4-9H2,1-3H3/t14-,15+,16-,17-,18?,19+,20+/m1/s1. The minimum atomic E-state index is -2.36. The molecule has 0 bridgehead atoms. The van der Waals surface area contributed by atoms with E-state index in [1.54, 1.807) is 0 Å². The molecule has 0 aromatic rings. The third-order valence-electron chi connectivity index (χ3n) is 8.52. The lowest BCUT2D eigenvalue weighted by Crippen LogP contribution is -2.52. The molecule has 7 atom stereocenters. The summed E-state index contributed by atoms with van der Waals surface area (Å²) in [6, 6.07) is 0. The minimum absolute atomic E-state index is 0.0558. The van der Waals surface area contributed by atoms with Crippen molar-refractivity contribution in [3.05, 3.63) is 11.6 Å². The van der Waals surface area contributed by atoms with Crippen LogP contribution in [0.4, 0.5) is 0 Å². The summed E-state index contributed by atoms with van der Waals surface area (Å²) in [7, 11) is 0. The summed E-state index contributed by atoms with van der Waals surface area (Å²) < 4.78 is 0. The first-order chi connectivity index (χ1) is 12.0. The van der Waals surface area contributed by atoms with E-state index in [1.807, 2.05) is 13.0 Å². The molecule has 0 aromatic carbocycles. The lowest BCUT2D eigenvalue weighted by Gasteiger charge is -2.58. The molecule has 3 saturated carbocycles. The average Bonchev–Trinajstić information content (AvgIpc) is 2.70. The van der Waals surface area contributed by atoms with E-state index < -0.39 is 23.2 Å². The van der Waals surface area contributed by atoms with Crippen LogP contribution in [-0.2, 0) is 9.59 Å². The van der Waals surface area contributed by atoms with Gasteiger partial charge in [0.05, 0.1) is 5.92 Å². The summed E-state index contributed by atoms with van der Waals surface area (Å²) in [6.07, 6.45) is 5.15. The fraction of sp³-hybridized carbons (Fsp3) is 0.810. The van der Waals surface area contributed by atoms with Crippen LogP contribution in [0.3, 0.4) is 0 Å². The maximum atomic E-state index is 12.3. The lowest BCUT2D eigenvalue weighted by molar-refractivity contribution is -0.239. The van der Waals surface area contributed by atoms with Gasteiger partial charge in [0.15, 0.2) is 11.6 Å². The third-order valence-corrected chi connectivity index (χ3v) is 8.52. The van der Waals surface area contributed by atoms with Gasteiger partial charge < -0.3 is 15.3 Å². The normalized spacial score (nSPS) is 49.7. The highest BCUT2D eigenvalue weighted by Crippen LogP contribution is 2.68. The second-order valence-corrected chi connectivity index (χ2v) is 9.70. The van der Waals surface area contributed by atoms with Crippen LogP contribution in [-0.4, -0.2) is 38.8 Å². The number of aliphatic hydroxyl groups excluding tert-OH is 1. The van der Waals surface area contributed by atoms with Crippen LogP contribution in [0.2, 0.25) is 0 Å². The van der Waals surface area contributed by atoms with Gasteiger partial charge in [-0.1, -0.05) is 19.4 Å². The van der Waals surface area contributed by atoms with Gasteiger partial charge in [0.1, 0.15) is 11.9 Å². The Labute approximate surface area is 154 Å². The largest absolute Gasteiger partial charge is 0.387 e. The predicted molar refractivity (Wildman–Crippen MR) is 94.8 cm³/mol. The zero-order valence-corrected chi connectivity index (χ0v) is 15.9. The molecule has 26 heavy (non-hydrogen) atoms. The molecule has 0 amide bonds. The van der Waals surface area contributed by atoms with E-state index in [4.69, 9.17) is 0 Å². The molecular weight excluding hydrogens is 332 g/mol. The van der Waals surface area contributed by atoms with Crippen LogP contribution in [0.25, 0.3) is 0 Å². The van der Waals surface area contributed by atoms with Crippen molar-refractivity contribution in [1.82, 2.24) is 0 Å². The van der Waals surface area contributed by atoms with Crippen LogP contribution < -0.4 is 0 Å². The van der Waals surface area contributed by atoms with Gasteiger partial charge in [0.25, 0.3) is 0 Å². The van der Waals surface area contributed by atoms with Crippen LogP contribution in [0.5, 0.6) is 0 Å². The molecule has 4 rings (SSSR count). The molecule has 0 radical (unpaired) electrons. The smallest absolute Gasteiger partial charge is 0.200 e. The fourth-order valence-corrected chi connectivity index (χ4v) is 7.45. The molecule has 5 heteroatoms. The predicted octanol–water partition coefficient (Wildman–Crippen LogP) is 1.99. The quantitative estimate of drug-likeness (QED) is 0.620. The van der Waals surface area contributed by atoms with Gasteiger partial charge in [-0.15, -0.1) is 0 Å². The Balaban J connectivity index is 1.76. The number of hydrogen-bond donors (Lipinski definition) is 3. The Kier molecular flexibility index (Phi) is 3.87. The number of Topliss-reactive ketones (excluding diaryl/α,β-unsaturated/α-hetero) is 1. The lowest BCUT2D eigenvalue weighted by atomic mass is 9.46. The van der Waals surface area contributed by atoms with Crippen LogP contribution >= 0.6 is 0 Å². The van der Waals surface area contributed by atoms with Crippen molar-refractivity contribution >= 4 is 11.6 Å². The van der Waals surface area contributed by atoms with Crippen molar-refractivity contribution in [2.45, 2.75) is 71.2 Å². The van der Waals surface area contributed by atoms with E-state index in [1.165, 1.54) is 12.5 Å². The summed E-state index contributed by atoms with van der Waals surface area (Å²) in [4.78, 5) is 24.2. The highest BCUT2D eigenvalue weighted by Gasteiger charge is 2.71. The van der Waals surface area contributed by atoms with E-state index in [0.29, 0.717) is 18.8 Å². The van der Waals surface area contributed by atoms with Gasteiger partial charge >= 0.3 is 0 Å². The molecule has 0 aromatic heterocycles. The Hall–Kier alpha value is -1.04. The zero-order valence-electron chi connectivity index (χ0n) is 15.9. The van der Waals surface area contributed by atoms with E-state index >= 15 is 0 Å².